The van der Waals surface area contributed by atoms with E-state index in [2.05, 4.69) is 11.3 Å². The molecule has 14 heavy (non-hydrogen) atoms. The molecule has 0 spiro atoms. The lowest BCUT2D eigenvalue weighted by molar-refractivity contribution is -0.137. The normalized spacial score (nSPS) is 15.6. The summed E-state index contributed by atoms with van der Waals surface area (Å²) in [6, 6.07) is 0. The topological polar surface area (TPSA) is 46.5 Å². The molecule has 0 saturated heterocycles. The summed E-state index contributed by atoms with van der Waals surface area (Å²) in [7, 11) is 0. The van der Waals surface area contributed by atoms with Crippen molar-refractivity contribution >= 4 is 5.97 Å². The van der Waals surface area contributed by atoms with Crippen molar-refractivity contribution in [3.8, 4) is 0 Å². The van der Waals surface area contributed by atoms with E-state index >= 15 is 0 Å². The van der Waals surface area contributed by atoms with Gasteiger partial charge in [-0.25, -0.2) is 4.79 Å². The zero-order chi connectivity index (χ0) is 10.8. The van der Waals surface area contributed by atoms with E-state index in [1.54, 1.807) is 0 Å². The molecule has 0 bridgehead atoms. The highest BCUT2D eigenvalue weighted by molar-refractivity contribution is 5.81. The zero-order valence-corrected chi connectivity index (χ0v) is 8.87. The molecule has 0 aromatic heterocycles. The molecule has 0 radical (unpaired) electrons. The molecule has 0 atom stereocenters. The van der Waals surface area contributed by atoms with Gasteiger partial charge in [-0.05, 0) is 19.3 Å². The van der Waals surface area contributed by atoms with E-state index in [4.69, 9.17) is 5.11 Å². The van der Waals surface area contributed by atoms with Gasteiger partial charge in [-0.1, -0.05) is 26.3 Å². The van der Waals surface area contributed by atoms with Crippen molar-refractivity contribution in [2.75, 3.05) is 6.61 Å². The van der Waals surface area contributed by atoms with E-state index in [1.807, 2.05) is 6.92 Å². The number of hydrogen-bond donors (Lipinski definition) is 1. The van der Waals surface area contributed by atoms with E-state index in [1.165, 1.54) is 12.8 Å². The number of esters is 1. The van der Waals surface area contributed by atoms with Gasteiger partial charge in [0, 0.05) is 6.08 Å². The molecule has 3 heteroatoms. The second kappa shape index (κ2) is 8.75. The molecule has 0 heterocycles. The monoisotopic (exact) mass is 200 g/mol. The third-order valence-electron chi connectivity index (χ3n) is 1.94. The van der Waals surface area contributed by atoms with Crippen LogP contribution in [-0.2, 0) is 9.53 Å². The van der Waals surface area contributed by atoms with Gasteiger partial charge < -0.3 is 9.84 Å². The minimum atomic E-state index is -0.341. The Balaban J connectivity index is 0.000000249. The van der Waals surface area contributed by atoms with Crippen LogP contribution in [0, 0.1) is 0 Å². The molecular weight excluding hydrogens is 180 g/mol. The van der Waals surface area contributed by atoms with Gasteiger partial charge in [-0.15, -0.1) is 0 Å². The van der Waals surface area contributed by atoms with Crippen molar-refractivity contribution in [1.29, 1.82) is 0 Å². The molecule has 1 saturated carbocycles. The molecule has 1 rings (SSSR count). The summed E-state index contributed by atoms with van der Waals surface area (Å²) >= 11 is 0. The molecule has 3 nitrogen and oxygen atoms in total. The highest BCUT2D eigenvalue weighted by Crippen LogP contribution is 2.16. The Bertz CT molecular complexity index is 160. The lowest BCUT2D eigenvalue weighted by Crippen LogP contribution is -1.99. The Morgan fingerprint density at radius 2 is 2.14 bits per heavy atom. The second-order valence-electron chi connectivity index (χ2n) is 3.31. The maximum absolute atomic E-state index is 10.2. The van der Waals surface area contributed by atoms with Gasteiger partial charge in [0.2, 0.25) is 0 Å². The van der Waals surface area contributed by atoms with Crippen LogP contribution in [0.25, 0.3) is 0 Å². The largest absolute Gasteiger partial charge is 0.463 e. The summed E-state index contributed by atoms with van der Waals surface area (Å²) in [5, 5.41) is 8.73. The first-order valence-corrected chi connectivity index (χ1v) is 5.18. The van der Waals surface area contributed by atoms with Crippen molar-refractivity contribution in [1.82, 2.24) is 0 Å². The summed E-state index contributed by atoms with van der Waals surface area (Å²) < 4.78 is 4.58. The van der Waals surface area contributed by atoms with Crippen LogP contribution in [0.5, 0.6) is 0 Å². The number of ether oxygens (including phenoxy) is 1. The number of carbonyl (C=O) groups is 1. The fourth-order valence-corrected chi connectivity index (χ4v) is 1.17. The summed E-state index contributed by atoms with van der Waals surface area (Å²) in [4.78, 5) is 10.2. The Labute approximate surface area is 85.8 Å². The van der Waals surface area contributed by atoms with Crippen LogP contribution in [-0.4, -0.2) is 23.8 Å². The van der Waals surface area contributed by atoms with Crippen molar-refractivity contribution in [2.24, 2.45) is 0 Å². The van der Waals surface area contributed by atoms with Gasteiger partial charge >= 0.3 is 5.97 Å². The van der Waals surface area contributed by atoms with Crippen LogP contribution in [0.15, 0.2) is 12.7 Å². The predicted octanol–water partition coefficient (Wildman–Crippen LogP) is 2.05. The molecule has 1 aliphatic carbocycles. The van der Waals surface area contributed by atoms with Crippen molar-refractivity contribution < 1.29 is 14.6 Å². The Morgan fingerprint density at radius 3 is 2.43 bits per heavy atom. The number of rotatable bonds is 3. The molecule has 1 N–H and O–H groups in total. The Morgan fingerprint density at radius 1 is 1.57 bits per heavy atom. The molecule has 1 fully saturated rings. The van der Waals surface area contributed by atoms with Crippen LogP contribution in [0.3, 0.4) is 0 Å². The van der Waals surface area contributed by atoms with Gasteiger partial charge in [0.05, 0.1) is 12.7 Å². The van der Waals surface area contributed by atoms with Crippen molar-refractivity contribution in [3.05, 3.63) is 12.7 Å². The van der Waals surface area contributed by atoms with Crippen LogP contribution >= 0.6 is 0 Å². The predicted molar refractivity (Wildman–Crippen MR) is 55.9 cm³/mol. The van der Waals surface area contributed by atoms with Crippen LogP contribution in [0.2, 0.25) is 0 Å². The first-order chi connectivity index (χ1) is 6.70. The van der Waals surface area contributed by atoms with Gasteiger partial charge in [-0.2, -0.15) is 0 Å². The highest BCUT2D eigenvalue weighted by atomic mass is 16.5. The van der Waals surface area contributed by atoms with E-state index in [9.17, 15) is 4.79 Å². The van der Waals surface area contributed by atoms with Crippen molar-refractivity contribution in [2.45, 2.75) is 45.1 Å². The SMILES string of the molecule is C=CC(=O)OCCC.OC1CCCC1. The fraction of sp³-hybridized carbons (Fsp3) is 0.727. The number of hydrogen-bond acceptors (Lipinski definition) is 3. The van der Waals surface area contributed by atoms with Gasteiger partial charge in [0.15, 0.2) is 0 Å². The van der Waals surface area contributed by atoms with Crippen molar-refractivity contribution in [3.63, 3.8) is 0 Å². The summed E-state index contributed by atoms with van der Waals surface area (Å²) in [5.74, 6) is -0.341. The first kappa shape index (κ1) is 13.2. The second-order valence-corrected chi connectivity index (χ2v) is 3.31. The minimum Gasteiger partial charge on any atom is -0.463 e. The van der Waals surface area contributed by atoms with E-state index < -0.39 is 0 Å². The maximum atomic E-state index is 10.2. The molecule has 0 aromatic carbocycles. The average molecular weight is 200 g/mol. The molecule has 0 aromatic rings. The quantitative estimate of drug-likeness (QED) is 0.560. The lowest BCUT2D eigenvalue weighted by Gasteiger charge is -1.94. The molecular formula is C11H20O3. The molecule has 1 aliphatic rings. The number of carbonyl (C=O) groups excluding carboxylic acids is 1. The molecule has 82 valence electrons. The third-order valence-corrected chi connectivity index (χ3v) is 1.94. The van der Waals surface area contributed by atoms with E-state index in [-0.39, 0.29) is 12.1 Å². The maximum Gasteiger partial charge on any atom is 0.330 e. The van der Waals surface area contributed by atoms with Gasteiger partial charge in [0.25, 0.3) is 0 Å². The van der Waals surface area contributed by atoms with Crippen LogP contribution in [0.4, 0.5) is 0 Å². The Kier molecular flexibility index (Phi) is 8.24. The summed E-state index contributed by atoms with van der Waals surface area (Å²) in [6.07, 6.45) is 6.63. The fourth-order valence-electron chi connectivity index (χ4n) is 1.17. The van der Waals surface area contributed by atoms with Gasteiger partial charge in [0.1, 0.15) is 0 Å². The van der Waals surface area contributed by atoms with E-state index in [0.29, 0.717) is 6.61 Å². The minimum absolute atomic E-state index is 0.0463. The molecule has 0 amide bonds. The van der Waals surface area contributed by atoms with Gasteiger partial charge in [-0.3, -0.25) is 0 Å². The zero-order valence-electron chi connectivity index (χ0n) is 8.87. The molecule has 0 unspecified atom stereocenters. The average Bonchev–Trinajstić information content (AvgIpc) is 2.66. The van der Waals surface area contributed by atoms with E-state index in [0.717, 1.165) is 25.3 Å². The number of aliphatic hydroxyl groups is 1. The standard InChI is InChI=1S/C6H10O2.C5H10O/c1-3-5-8-6(7)4-2;6-5-3-1-2-4-5/h4H,2-3,5H2,1H3;5-6H,1-4H2. The highest BCUT2D eigenvalue weighted by Gasteiger charge is 2.09. The van der Waals surface area contributed by atoms with Crippen LogP contribution < -0.4 is 0 Å². The molecule has 0 aliphatic heterocycles. The summed E-state index contributed by atoms with van der Waals surface area (Å²) in [5.41, 5.74) is 0. The number of aliphatic hydroxyl groups excluding tert-OH is 1. The Hall–Kier alpha value is -0.830. The van der Waals surface area contributed by atoms with Crippen LogP contribution in [0.1, 0.15) is 39.0 Å². The lowest BCUT2D eigenvalue weighted by atomic mass is 10.3. The first-order valence-electron chi connectivity index (χ1n) is 5.18. The smallest absolute Gasteiger partial charge is 0.330 e. The third kappa shape index (κ3) is 7.80. The summed E-state index contributed by atoms with van der Waals surface area (Å²) in [6.45, 7) is 5.67.